The first-order valence-corrected chi connectivity index (χ1v) is 7.04. The van der Waals surface area contributed by atoms with E-state index in [1.165, 1.54) is 11.3 Å². The van der Waals surface area contributed by atoms with Gasteiger partial charge in [0.2, 0.25) is 0 Å². The van der Waals surface area contributed by atoms with Crippen LogP contribution < -0.4 is 5.73 Å². The van der Waals surface area contributed by atoms with Crippen LogP contribution >= 0.6 is 11.3 Å². The third-order valence-corrected chi connectivity index (χ3v) is 3.31. The van der Waals surface area contributed by atoms with Crippen LogP contribution in [0.3, 0.4) is 0 Å². The topological polar surface area (TPSA) is 59.2 Å². The van der Waals surface area contributed by atoms with E-state index in [0.29, 0.717) is 12.2 Å². The van der Waals surface area contributed by atoms with Crippen LogP contribution in [0.2, 0.25) is 0 Å². The van der Waals surface area contributed by atoms with Gasteiger partial charge in [-0.3, -0.25) is 4.79 Å². The summed E-state index contributed by atoms with van der Waals surface area (Å²) in [6.07, 6.45) is 2.70. The lowest BCUT2D eigenvalue weighted by Gasteiger charge is -2.20. The van der Waals surface area contributed by atoms with E-state index in [9.17, 15) is 4.79 Å². The van der Waals surface area contributed by atoms with Crippen LogP contribution in [0.5, 0.6) is 0 Å². The van der Waals surface area contributed by atoms with Gasteiger partial charge in [0.15, 0.2) is 0 Å². The van der Waals surface area contributed by atoms with E-state index in [2.05, 4.69) is 18.8 Å². The first-order valence-electron chi connectivity index (χ1n) is 6.16. The van der Waals surface area contributed by atoms with Crippen molar-refractivity contribution < 1.29 is 4.79 Å². The van der Waals surface area contributed by atoms with Gasteiger partial charge in [-0.2, -0.15) is 0 Å². The van der Waals surface area contributed by atoms with E-state index in [0.717, 1.165) is 37.4 Å². The smallest absolute Gasteiger partial charge is 0.273 e. The number of hydrogen-bond donors (Lipinski definition) is 1. The second kappa shape index (κ2) is 7.40. The Balaban J connectivity index is 2.70. The van der Waals surface area contributed by atoms with E-state index >= 15 is 0 Å². The monoisotopic (exact) mass is 255 g/mol. The molecule has 1 rings (SSSR count). The van der Waals surface area contributed by atoms with Crippen molar-refractivity contribution in [3.63, 3.8) is 0 Å². The standard InChI is InChI=1S/C12H21N3OS/c1-3-7-15(8-4-2)12(16)10-9-17-11(14-10)5-6-13/h9H,3-8,13H2,1-2H3. The van der Waals surface area contributed by atoms with Gasteiger partial charge in [0.1, 0.15) is 5.69 Å². The number of rotatable bonds is 7. The van der Waals surface area contributed by atoms with Gasteiger partial charge in [-0.1, -0.05) is 13.8 Å². The van der Waals surface area contributed by atoms with E-state index in [1.807, 2.05) is 10.3 Å². The molecule has 1 aromatic heterocycles. The van der Waals surface area contributed by atoms with Crippen molar-refractivity contribution in [2.45, 2.75) is 33.1 Å². The van der Waals surface area contributed by atoms with Crippen molar-refractivity contribution in [3.8, 4) is 0 Å². The highest BCUT2D eigenvalue weighted by Gasteiger charge is 2.17. The Morgan fingerprint density at radius 2 is 2.06 bits per heavy atom. The normalized spacial score (nSPS) is 10.5. The molecule has 0 saturated heterocycles. The summed E-state index contributed by atoms with van der Waals surface area (Å²) in [6.45, 7) is 6.34. The zero-order chi connectivity index (χ0) is 12.7. The first kappa shape index (κ1) is 14.1. The molecule has 5 heteroatoms. The van der Waals surface area contributed by atoms with Crippen LogP contribution in [-0.4, -0.2) is 35.4 Å². The molecular weight excluding hydrogens is 234 g/mol. The van der Waals surface area contributed by atoms with Crippen molar-refractivity contribution >= 4 is 17.2 Å². The highest BCUT2D eigenvalue weighted by Crippen LogP contribution is 2.12. The quantitative estimate of drug-likeness (QED) is 0.809. The minimum Gasteiger partial charge on any atom is -0.337 e. The number of aromatic nitrogens is 1. The Morgan fingerprint density at radius 3 is 2.59 bits per heavy atom. The van der Waals surface area contributed by atoms with Crippen LogP contribution in [0.15, 0.2) is 5.38 Å². The second-order valence-corrected chi connectivity index (χ2v) is 4.90. The van der Waals surface area contributed by atoms with E-state index in [-0.39, 0.29) is 5.91 Å². The maximum atomic E-state index is 12.2. The van der Waals surface area contributed by atoms with Gasteiger partial charge in [-0.05, 0) is 19.4 Å². The fraction of sp³-hybridized carbons (Fsp3) is 0.667. The van der Waals surface area contributed by atoms with Crippen molar-refractivity contribution in [2.75, 3.05) is 19.6 Å². The third-order valence-electron chi connectivity index (χ3n) is 2.40. The molecule has 0 aromatic carbocycles. The zero-order valence-electron chi connectivity index (χ0n) is 10.6. The fourth-order valence-electron chi connectivity index (χ4n) is 1.66. The number of thiazole rings is 1. The molecule has 0 bridgehead atoms. The first-order chi connectivity index (χ1) is 8.22. The van der Waals surface area contributed by atoms with Crippen LogP contribution in [0.25, 0.3) is 0 Å². The molecule has 0 atom stereocenters. The molecule has 1 aromatic rings. The van der Waals surface area contributed by atoms with Gasteiger partial charge in [0.25, 0.3) is 5.91 Å². The van der Waals surface area contributed by atoms with Gasteiger partial charge >= 0.3 is 0 Å². The van der Waals surface area contributed by atoms with Crippen molar-refractivity contribution in [1.29, 1.82) is 0 Å². The summed E-state index contributed by atoms with van der Waals surface area (Å²) in [5.41, 5.74) is 6.04. The summed E-state index contributed by atoms with van der Waals surface area (Å²) < 4.78 is 0. The summed E-state index contributed by atoms with van der Waals surface area (Å²) in [6, 6.07) is 0. The van der Waals surface area contributed by atoms with E-state index in [1.54, 1.807) is 0 Å². The van der Waals surface area contributed by atoms with Crippen molar-refractivity contribution in [1.82, 2.24) is 9.88 Å². The predicted molar refractivity (Wildman–Crippen MR) is 71.4 cm³/mol. The van der Waals surface area contributed by atoms with Crippen molar-refractivity contribution in [3.05, 3.63) is 16.1 Å². The van der Waals surface area contributed by atoms with Gasteiger partial charge in [-0.25, -0.2) is 4.98 Å². The number of amides is 1. The summed E-state index contributed by atoms with van der Waals surface area (Å²) in [5, 5.41) is 2.79. The Hall–Kier alpha value is -0.940. The minimum absolute atomic E-state index is 0.0493. The van der Waals surface area contributed by atoms with Gasteiger partial charge in [-0.15, -0.1) is 11.3 Å². The highest BCUT2D eigenvalue weighted by molar-refractivity contribution is 7.09. The third kappa shape index (κ3) is 4.09. The number of nitrogens with zero attached hydrogens (tertiary/aromatic N) is 2. The molecule has 2 N–H and O–H groups in total. The Bertz CT molecular complexity index is 345. The summed E-state index contributed by atoms with van der Waals surface area (Å²) >= 11 is 1.52. The van der Waals surface area contributed by atoms with Crippen LogP contribution in [0, 0.1) is 0 Å². The minimum atomic E-state index is 0.0493. The number of nitrogens with two attached hydrogens (primary N) is 1. The molecule has 0 spiro atoms. The molecule has 1 amide bonds. The Kier molecular flexibility index (Phi) is 6.15. The molecule has 0 fully saturated rings. The lowest BCUT2D eigenvalue weighted by molar-refractivity contribution is 0.0750. The number of carbonyl (C=O) groups is 1. The molecular formula is C12H21N3OS. The molecule has 0 unspecified atom stereocenters. The fourth-order valence-corrected chi connectivity index (χ4v) is 2.45. The average Bonchev–Trinajstić information content (AvgIpc) is 2.77. The van der Waals surface area contributed by atoms with Gasteiger partial charge in [0.05, 0.1) is 5.01 Å². The van der Waals surface area contributed by atoms with Crippen LogP contribution in [-0.2, 0) is 6.42 Å². The van der Waals surface area contributed by atoms with E-state index in [4.69, 9.17) is 5.73 Å². The number of carbonyl (C=O) groups excluding carboxylic acids is 1. The predicted octanol–water partition coefficient (Wildman–Crippen LogP) is 1.91. The molecule has 96 valence electrons. The molecule has 4 nitrogen and oxygen atoms in total. The molecule has 0 saturated carbocycles. The second-order valence-electron chi connectivity index (χ2n) is 3.96. The van der Waals surface area contributed by atoms with Crippen LogP contribution in [0.1, 0.15) is 42.2 Å². The lowest BCUT2D eigenvalue weighted by Crippen LogP contribution is -2.32. The Labute approximate surface area is 107 Å². The lowest BCUT2D eigenvalue weighted by atomic mass is 10.3. The van der Waals surface area contributed by atoms with Gasteiger partial charge < -0.3 is 10.6 Å². The van der Waals surface area contributed by atoms with Gasteiger partial charge in [0, 0.05) is 24.9 Å². The summed E-state index contributed by atoms with van der Waals surface area (Å²) in [5.74, 6) is 0.0493. The molecule has 17 heavy (non-hydrogen) atoms. The summed E-state index contributed by atoms with van der Waals surface area (Å²) in [4.78, 5) is 18.4. The number of hydrogen-bond acceptors (Lipinski definition) is 4. The maximum Gasteiger partial charge on any atom is 0.273 e. The molecule has 0 radical (unpaired) electrons. The summed E-state index contributed by atoms with van der Waals surface area (Å²) in [7, 11) is 0. The SMILES string of the molecule is CCCN(CCC)C(=O)c1csc(CCN)n1. The maximum absolute atomic E-state index is 12.2. The molecule has 0 aliphatic heterocycles. The zero-order valence-corrected chi connectivity index (χ0v) is 11.4. The van der Waals surface area contributed by atoms with Crippen LogP contribution in [0.4, 0.5) is 0 Å². The Morgan fingerprint density at radius 1 is 1.41 bits per heavy atom. The largest absolute Gasteiger partial charge is 0.337 e. The molecule has 0 aliphatic carbocycles. The average molecular weight is 255 g/mol. The molecule has 0 aliphatic rings. The van der Waals surface area contributed by atoms with Crippen molar-refractivity contribution in [2.24, 2.45) is 5.73 Å². The molecule has 1 heterocycles. The highest BCUT2D eigenvalue weighted by atomic mass is 32.1. The van der Waals surface area contributed by atoms with E-state index < -0.39 is 0 Å².